The Morgan fingerprint density at radius 2 is 1.89 bits per heavy atom. The van der Waals surface area contributed by atoms with Gasteiger partial charge in [-0.25, -0.2) is 9.79 Å². The van der Waals surface area contributed by atoms with Gasteiger partial charge in [-0.3, -0.25) is 14.3 Å². The number of fused-ring (bicyclic) bond motifs is 2. The molecular formula is C28H21N3O5S. The zero-order valence-corrected chi connectivity index (χ0v) is 20.6. The second-order valence-corrected chi connectivity index (χ2v) is 9.33. The molecule has 2 aliphatic rings. The first kappa shape index (κ1) is 22.9. The molecule has 0 fully saturated rings. The number of hydrogen-bond acceptors (Lipinski definition) is 8. The van der Waals surface area contributed by atoms with E-state index < -0.39 is 12.0 Å². The highest BCUT2D eigenvalue weighted by Gasteiger charge is 2.36. The van der Waals surface area contributed by atoms with Gasteiger partial charge in [-0.2, -0.15) is 0 Å². The van der Waals surface area contributed by atoms with Gasteiger partial charge in [-0.15, -0.1) is 0 Å². The molecule has 2 aliphatic heterocycles. The highest BCUT2D eigenvalue weighted by atomic mass is 32.1. The van der Waals surface area contributed by atoms with Crippen LogP contribution in [0.2, 0.25) is 0 Å². The predicted molar refractivity (Wildman–Crippen MR) is 138 cm³/mol. The molecule has 1 unspecified atom stereocenters. The molecule has 1 atom stereocenters. The van der Waals surface area contributed by atoms with E-state index >= 15 is 0 Å². The van der Waals surface area contributed by atoms with E-state index in [0.717, 1.165) is 11.1 Å². The fourth-order valence-corrected chi connectivity index (χ4v) is 5.45. The summed E-state index contributed by atoms with van der Waals surface area (Å²) in [6.07, 6.45) is 5.15. The number of pyridine rings is 1. The van der Waals surface area contributed by atoms with Crippen LogP contribution in [0.3, 0.4) is 0 Å². The van der Waals surface area contributed by atoms with Crippen molar-refractivity contribution in [3.8, 4) is 11.5 Å². The number of carbonyl (C=O) groups excluding carboxylic acids is 1. The van der Waals surface area contributed by atoms with Crippen LogP contribution in [0.4, 0.5) is 0 Å². The molecule has 4 aromatic rings. The molecule has 0 saturated carbocycles. The lowest BCUT2D eigenvalue weighted by atomic mass is 9.93. The van der Waals surface area contributed by atoms with Gasteiger partial charge in [0.1, 0.15) is 0 Å². The number of carbonyl (C=O) groups is 1. The van der Waals surface area contributed by atoms with Crippen LogP contribution in [0.15, 0.2) is 88.4 Å². The monoisotopic (exact) mass is 511 g/mol. The number of rotatable bonds is 5. The van der Waals surface area contributed by atoms with Crippen molar-refractivity contribution in [1.29, 1.82) is 0 Å². The van der Waals surface area contributed by atoms with Crippen molar-refractivity contribution in [2.75, 3.05) is 13.4 Å². The summed E-state index contributed by atoms with van der Waals surface area (Å²) in [4.78, 5) is 36.7. The van der Waals surface area contributed by atoms with E-state index in [0.29, 0.717) is 32.1 Å². The SMILES string of the molecule is CCOC(=O)C1=C(c2ccccc2)N=c2s/c(=C\c3ccncc3)c(=O)n2C1c1ccc2c(c1)OCO2. The first-order valence-electron chi connectivity index (χ1n) is 11.7. The number of hydrogen-bond donors (Lipinski definition) is 0. The molecule has 0 aliphatic carbocycles. The van der Waals surface area contributed by atoms with E-state index in [-0.39, 0.29) is 24.5 Å². The molecule has 0 N–H and O–H groups in total. The molecule has 2 aromatic carbocycles. The average molecular weight is 512 g/mol. The lowest BCUT2D eigenvalue weighted by Crippen LogP contribution is -2.40. The highest BCUT2D eigenvalue weighted by Crippen LogP contribution is 2.39. The number of benzene rings is 2. The van der Waals surface area contributed by atoms with Crippen molar-refractivity contribution in [3.63, 3.8) is 0 Å². The Kier molecular flexibility index (Phi) is 5.90. The molecule has 6 rings (SSSR count). The summed E-state index contributed by atoms with van der Waals surface area (Å²) in [5, 5.41) is 0. The molecule has 0 bridgehead atoms. The summed E-state index contributed by atoms with van der Waals surface area (Å²) in [7, 11) is 0. The second-order valence-electron chi connectivity index (χ2n) is 8.32. The number of ether oxygens (including phenoxy) is 3. The van der Waals surface area contributed by atoms with E-state index in [9.17, 15) is 9.59 Å². The summed E-state index contributed by atoms with van der Waals surface area (Å²) in [5.74, 6) is 0.632. The van der Waals surface area contributed by atoms with Gasteiger partial charge < -0.3 is 14.2 Å². The van der Waals surface area contributed by atoms with Crippen LogP contribution in [-0.2, 0) is 9.53 Å². The minimum absolute atomic E-state index is 0.114. The lowest BCUT2D eigenvalue weighted by Gasteiger charge is -2.26. The molecule has 9 heteroatoms. The lowest BCUT2D eigenvalue weighted by molar-refractivity contribution is -0.138. The van der Waals surface area contributed by atoms with Crippen molar-refractivity contribution in [1.82, 2.24) is 9.55 Å². The zero-order valence-electron chi connectivity index (χ0n) is 19.8. The van der Waals surface area contributed by atoms with E-state index in [4.69, 9.17) is 19.2 Å². The van der Waals surface area contributed by atoms with Crippen molar-refractivity contribution in [2.45, 2.75) is 13.0 Å². The Bertz CT molecular complexity index is 1710. The molecule has 0 amide bonds. The molecule has 0 spiro atoms. The fourth-order valence-electron chi connectivity index (χ4n) is 4.45. The minimum atomic E-state index is -0.778. The first-order valence-corrected chi connectivity index (χ1v) is 12.5. The number of esters is 1. The minimum Gasteiger partial charge on any atom is -0.463 e. The largest absolute Gasteiger partial charge is 0.463 e. The van der Waals surface area contributed by atoms with E-state index in [1.807, 2.05) is 48.5 Å². The smallest absolute Gasteiger partial charge is 0.338 e. The molecule has 4 heterocycles. The Labute approximate surface area is 215 Å². The van der Waals surface area contributed by atoms with Crippen molar-refractivity contribution >= 4 is 29.1 Å². The summed E-state index contributed by atoms with van der Waals surface area (Å²) >= 11 is 1.27. The van der Waals surface area contributed by atoms with Crippen LogP contribution in [-0.4, -0.2) is 28.9 Å². The van der Waals surface area contributed by atoms with Gasteiger partial charge in [0.15, 0.2) is 16.3 Å². The average Bonchev–Trinajstić information content (AvgIpc) is 3.52. The summed E-state index contributed by atoms with van der Waals surface area (Å²) in [5.41, 5.74) is 2.79. The Balaban J connectivity index is 1.66. The van der Waals surface area contributed by atoms with Crippen LogP contribution in [0, 0.1) is 0 Å². The third-order valence-corrected chi connectivity index (χ3v) is 7.07. The summed E-state index contributed by atoms with van der Waals surface area (Å²) in [6, 6.07) is 17.8. The normalized spacial score (nSPS) is 16.4. The third kappa shape index (κ3) is 4.13. The maximum atomic E-state index is 13.8. The summed E-state index contributed by atoms with van der Waals surface area (Å²) < 4.78 is 18.7. The van der Waals surface area contributed by atoms with E-state index in [1.54, 1.807) is 42.1 Å². The quantitative estimate of drug-likeness (QED) is 0.383. The van der Waals surface area contributed by atoms with Gasteiger partial charge >= 0.3 is 5.97 Å². The van der Waals surface area contributed by atoms with Gasteiger partial charge in [0.25, 0.3) is 5.56 Å². The first-order chi connectivity index (χ1) is 18.1. The van der Waals surface area contributed by atoms with Gasteiger partial charge in [0.05, 0.1) is 28.5 Å². The molecule has 8 nitrogen and oxygen atoms in total. The molecule has 184 valence electrons. The van der Waals surface area contributed by atoms with Gasteiger partial charge in [0, 0.05) is 18.0 Å². The zero-order chi connectivity index (χ0) is 25.4. The predicted octanol–water partition coefficient (Wildman–Crippen LogP) is 3.06. The van der Waals surface area contributed by atoms with Crippen molar-refractivity contribution < 1.29 is 19.0 Å². The van der Waals surface area contributed by atoms with Gasteiger partial charge in [-0.05, 0) is 48.4 Å². The molecule has 0 saturated heterocycles. The molecule has 2 aromatic heterocycles. The highest BCUT2D eigenvalue weighted by molar-refractivity contribution is 7.07. The van der Waals surface area contributed by atoms with Crippen LogP contribution < -0.4 is 24.4 Å². The van der Waals surface area contributed by atoms with Gasteiger partial charge in [0.2, 0.25) is 6.79 Å². The van der Waals surface area contributed by atoms with Crippen LogP contribution >= 0.6 is 11.3 Å². The number of aromatic nitrogens is 2. The molecule has 37 heavy (non-hydrogen) atoms. The second kappa shape index (κ2) is 9.51. The molecular weight excluding hydrogens is 490 g/mol. The number of thiazole rings is 1. The van der Waals surface area contributed by atoms with E-state index in [2.05, 4.69) is 4.98 Å². The Hall–Kier alpha value is -4.50. The van der Waals surface area contributed by atoms with Crippen LogP contribution in [0.25, 0.3) is 11.8 Å². The van der Waals surface area contributed by atoms with Crippen molar-refractivity contribution in [2.24, 2.45) is 4.99 Å². The van der Waals surface area contributed by atoms with Crippen LogP contribution in [0.5, 0.6) is 11.5 Å². The maximum Gasteiger partial charge on any atom is 0.338 e. The van der Waals surface area contributed by atoms with Gasteiger partial charge in [-0.1, -0.05) is 47.7 Å². The number of nitrogens with zero attached hydrogens (tertiary/aromatic N) is 3. The Morgan fingerprint density at radius 1 is 1.11 bits per heavy atom. The Morgan fingerprint density at radius 3 is 2.68 bits per heavy atom. The standard InChI is InChI=1S/C28H21N3O5S/c1-2-34-27(33)23-24(18-6-4-3-5-7-18)30-28-31(25(23)19-8-9-20-21(15-19)36-16-35-20)26(32)22(37-28)14-17-10-12-29-13-11-17/h3-15,25H,2,16H2,1H3/b22-14-. The maximum absolute atomic E-state index is 13.8. The van der Waals surface area contributed by atoms with E-state index in [1.165, 1.54) is 11.3 Å². The van der Waals surface area contributed by atoms with Crippen molar-refractivity contribution in [3.05, 3.63) is 115 Å². The topological polar surface area (TPSA) is 92.0 Å². The fraction of sp³-hybridized carbons (Fsp3) is 0.143. The summed E-state index contributed by atoms with van der Waals surface area (Å²) in [6.45, 7) is 2.05. The molecule has 0 radical (unpaired) electrons. The third-order valence-electron chi connectivity index (χ3n) is 6.09. The van der Waals surface area contributed by atoms with Crippen LogP contribution in [0.1, 0.15) is 29.7 Å².